The Morgan fingerprint density at radius 3 is 0.783 bits per heavy atom. The first kappa shape index (κ1) is 79.3. The lowest BCUT2D eigenvalue weighted by atomic mass is 10.0. The first-order valence-corrected chi connectivity index (χ1v) is 35.6. The summed E-state index contributed by atoms with van der Waals surface area (Å²) in [6, 6.07) is 0. The maximum absolute atomic E-state index is 12.3. The van der Waals surface area contributed by atoms with E-state index in [0.717, 1.165) is 103 Å². The van der Waals surface area contributed by atoms with Crippen LogP contribution >= 0.6 is 0 Å². The maximum Gasteiger partial charge on any atom is 0.306 e. The first-order valence-electron chi connectivity index (χ1n) is 35.6. The molecule has 0 radical (unpaired) electrons. The molecular formula is C78H134O5. The van der Waals surface area contributed by atoms with Crippen molar-refractivity contribution < 1.29 is 24.2 Å². The molecule has 5 heteroatoms. The maximum atomic E-state index is 12.3. The molecule has 0 fully saturated rings. The second kappa shape index (κ2) is 72.6. The Balaban J connectivity index is 3.53. The summed E-state index contributed by atoms with van der Waals surface area (Å²) >= 11 is 0. The summed E-state index contributed by atoms with van der Waals surface area (Å²) in [5.41, 5.74) is 0. The van der Waals surface area contributed by atoms with Gasteiger partial charge in [0.1, 0.15) is 6.61 Å². The van der Waals surface area contributed by atoms with Crippen LogP contribution in [0.3, 0.4) is 0 Å². The molecular weight excluding hydrogens is 1020 g/mol. The van der Waals surface area contributed by atoms with Gasteiger partial charge in [0.15, 0.2) is 6.10 Å². The summed E-state index contributed by atoms with van der Waals surface area (Å²) < 4.78 is 10.7. The molecule has 0 aliphatic carbocycles. The van der Waals surface area contributed by atoms with Crippen molar-refractivity contribution >= 4 is 11.9 Å². The summed E-state index contributed by atoms with van der Waals surface area (Å²) in [5.74, 6) is -0.637. The third-order valence-corrected chi connectivity index (χ3v) is 15.5. The van der Waals surface area contributed by atoms with Crippen LogP contribution in [-0.2, 0) is 19.1 Å². The van der Waals surface area contributed by atoms with Gasteiger partial charge in [0, 0.05) is 12.8 Å². The highest BCUT2D eigenvalue weighted by Gasteiger charge is 2.16. The van der Waals surface area contributed by atoms with Crippen LogP contribution in [0.25, 0.3) is 0 Å². The number of aliphatic hydroxyl groups is 1. The molecule has 1 N–H and O–H groups in total. The molecule has 0 rings (SSSR count). The van der Waals surface area contributed by atoms with Crippen LogP contribution in [0, 0.1) is 0 Å². The number of ether oxygens (including phenoxy) is 2. The Morgan fingerprint density at radius 2 is 0.518 bits per heavy atom. The predicted octanol–water partition coefficient (Wildman–Crippen LogP) is 24.9. The molecule has 0 saturated heterocycles. The number of allylic oxidation sites excluding steroid dienone is 20. The molecule has 0 aliphatic rings. The van der Waals surface area contributed by atoms with E-state index in [1.54, 1.807) is 0 Å². The van der Waals surface area contributed by atoms with Crippen LogP contribution in [0.5, 0.6) is 0 Å². The highest BCUT2D eigenvalue weighted by molar-refractivity contribution is 5.70. The molecule has 476 valence electrons. The third kappa shape index (κ3) is 70.7. The minimum Gasteiger partial charge on any atom is -0.462 e. The van der Waals surface area contributed by atoms with Crippen molar-refractivity contribution in [1.29, 1.82) is 0 Å². The van der Waals surface area contributed by atoms with Gasteiger partial charge in [-0.25, -0.2) is 0 Å². The quantitative estimate of drug-likeness (QED) is 0.0373. The fourth-order valence-corrected chi connectivity index (χ4v) is 10.2. The lowest BCUT2D eigenvalue weighted by molar-refractivity contribution is -0.161. The molecule has 0 aromatic carbocycles. The van der Waals surface area contributed by atoms with E-state index in [9.17, 15) is 14.7 Å². The molecule has 1 unspecified atom stereocenters. The summed E-state index contributed by atoms with van der Waals surface area (Å²) in [4.78, 5) is 24.6. The van der Waals surface area contributed by atoms with E-state index >= 15 is 0 Å². The zero-order valence-corrected chi connectivity index (χ0v) is 54.7. The molecule has 0 aromatic rings. The predicted molar refractivity (Wildman–Crippen MR) is 366 cm³/mol. The van der Waals surface area contributed by atoms with Crippen molar-refractivity contribution in [3.8, 4) is 0 Å². The van der Waals surface area contributed by atoms with Gasteiger partial charge < -0.3 is 14.6 Å². The van der Waals surface area contributed by atoms with Gasteiger partial charge in [-0.05, 0) is 89.9 Å². The van der Waals surface area contributed by atoms with Crippen molar-refractivity contribution in [3.63, 3.8) is 0 Å². The number of carbonyl (C=O) groups excluding carboxylic acids is 2. The fourth-order valence-electron chi connectivity index (χ4n) is 10.2. The van der Waals surface area contributed by atoms with Gasteiger partial charge in [0.2, 0.25) is 0 Å². The van der Waals surface area contributed by atoms with E-state index in [4.69, 9.17) is 9.47 Å². The second-order valence-corrected chi connectivity index (χ2v) is 23.6. The van der Waals surface area contributed by atoms with E-state index in [2.05, 4.69) is 135 Å². The molecule has 1 atom stereocenters. The van der Waals surface area contributed by atoms with Crippen LogP contribution < -0.4 is 0 Å². The minimum atomic E-state index is -0.804. The third-order valence-electron chi connectivity index (χ3n) is 15.5. The molecule has 0 spiro atoms. The van der Waals surface area contributed by atoms with E-state index in [0.29, 0.717) is 12.8 Å². The van der Waals surface area contributed by atoms with Crippen molar-refractivity contribution in [3.05, 3.63) is 122 Å². The first-order chi connectivity index (χ1) is 41.1. The van der Waals surface area contributed by atoms with E-state index < -0.39 is 6.10 Å². The van der Waals surface area contributed by atoms with Gasteiger partial charge in [0.25, 0.3) is 0 Å². The summed E-state index contributed by atoms with van der Waals surface area (Å²) in [6.07, 6.45) is 107. The number of carbonyl (C=O) groups is 2. The molecule has 0 saturated carbocycles. The van der Waals surface area contributed by atoms with E-state index in [1.165, 1.54) is 212 Å². The van der Waals surface area contributed by atoms with E-state index in [-0.39, 0.29) is 25.2 Å². The van der Waals surface area contributed by atoms with E-state index in [1.807, 2.05) is 0 Å². The van der Waals surface area contributed by atoms with Gasteiger partial charge >= 0.3 is 11.9 Å². The van der Waals surface area contributed by atoms with Crippen molar-refractivity contribution in [1.82, 2.24) is 0 Å². The summed E-state index contributed by atoms with van der Waals surface area (Å²) in [5, 5.41) is 9.69. The Kier molecular flexibility index (Phi) is 69.3. The number of hydrogen-bond acceptors (Lipinski definition) is 5. The molecule has 0 bridgehead atoms. The van der Waals surface area contributed by atoms with Crippen LogP contribution in [0.4, 0.5) is 0 Å². The molecule has 0 heterocycles. The van der Waals surface area contributed by atoms with Gasteiger partial charge in [0.05, 0.1) is 6.61 Å². The largest absolute Gasteiger partial charge is 0.462 e. The van der Waals surface area contributed by atoms with Crippen molar-refractivity contribution in [2.75, 3.05) is 13.2 Å². The van der Waals surface area contributed by atoms with Gasteiger partial charge in [-0.2, -0.15) is 0 Å². The van der Waals surface area contributed by atoms with Crippen LogP contribution in [0.2, 0.25) is 0 Å². The summed E-state index contributed by atoms with van der Waals surface area (Å²) in [6.45, 7) is 4.03. The molecule has 5 nitrogen and oxygen atoms in total. The van der Waals surface area contributed by atoms with Gasteiger partial charge in [-0.15, -0.1) is 0 Å². The zero-order chi connectivity index (χ0) is 59.8. The molecule has 0 amide bonds. The second-order valence-electron chi connectivity index (χ2n) is 23.6. The van der Waals surface area contributed by atoms with Crippen molar-refractivity contribution in [2.45, 2.75) is 347 Å². The lowest BCUT2D eigenvalue weighted by Gasteiger charge is -2.15. The number of aliphatic hydroxyl groups excluding tert-OH is 1. The van der Waals surface area contributed by atoms with Gasteiger partial charge in [-0.3, -0.25) is 9.59 Å². The standard InChI is InChI=1S/C78H134O5/c1-3-5-7-9-11-13-15-17-19-21-23-25-27-29-31-33-35-37-38-39-41-42-44-46-48-50-52-54-56-58-60-62-64-66-68-70-72-77(80)82-75-76(74-79)83-78(81)73-71-69-67-65-63-61-59-57-55-53-51-49-47-45-43-40-36-34-32-30-28-26-24-22-20-18-16-14-12-10-8-6-4-2/h6,8,12,14,18,20,24,26,30,32,36,40,45,47,51,53,57,59,63,65,76,79H,3-5,7,9-11,13,15-17,19,21-23,25,27-29,31,33-35,37-39,41-44,46,48-50,52,54-56,58,60-62,64,66-75H2,1-2H3/b8-6-,14-12-,20-18-,26-24-,32-30-,40-36-,47-45-,53-51-,59-57-,65-63-. The molecule has 0 aliphatic heterocycles. The highest BCUT2D eigenvalue weighted by Crippen LogP contribution is 2.18. The average Bonchev–Trinajstić information content (AvgIpc) is 3.49. The topological polar surface area (TPSA) is 72.8 Å². The molecule has 83 heavy (non-hydrogen) atoms. The fraction of sp³-hybridized carbons (Fsp3) is 0.718. The SMILES string of the molecule is CC/C=C\C/C=C\C/C=C\C/C=C\C/C=C\C/C=C\C/C=C\C/C=C\C/C=C\C/C=C\CCCCC(=O)OC(CO)COC(=O)CCCCCCCCCCCCCCCCCCCCCCCCCCCCCCCCCCCCCC. The summed E-state index contributed by atoms with van der Waals surface area (Å²) in [7, 11) is 0. The van der Waals surface area contributed by atoms with Crippen molar-refractivity contribution in [2.24, 2.45) is 0 Å². The lowest BCUT2D eigenvalue weighted by Crippen LogP contribution is -2.28. The normalized spacial score (nSPS) is 13.0. The number of unbranched alkanes of at least 4 members (excludes halogenated alkanes) is 37. The Labute approximate surface area is 515 Å². The number of rotatable bonds is 65. The minimum absolute atomic E-state index is 0.0877. The Bertz CT molecular complexity index is 1640. The number of hydrogen-bond donors (Lipinski definition) is 1. The van der Waals surface area contributed by atoms with Crippen LogP contribution in [0.15, 0.2) is 122 Å². The monoisotopic (exact) mass is 1150 g/mol. The average molecular weight is 1150 g/mol. The van der Waals surface area contributed by atoms with Crippen LogP contribution in [0.1, 0.15) is 341 Å². The smallest absolute Gasteiger partial charge is 0.306 e. The van der Waals surface area contributed by atoms with Gasteiger partial charge in [-0.1, -0.05) is 360 Å². The van der Waals surface area contributed by atoms with Crippen LogP contribution in [-0.4, -0.2) is 36.4 Å². The number of esters is 2. The molecule has 0 aromatic heterocycles. The zero-order valence-electron chi connectivity index (χ0n) is 54.7. The Morgan fingerprint density at radius 1 is 0.289 bits per heavy atom. The Hall–Kier alpha value is -3.70. The highest BCUT2D eigenvalue weighted by atomic mass is 16.6.